The topological polar surface area (TPSA) is 107 Å². The maximum Gasteiger partial charge on any atom is 0.241 e. The zero-order valence-electron chi connectivity index (χ0n) is 30.3. The van der Waals surface area contributed by atoms with Gasteiger partial charge in [-0.2, -0.15) is 0 Å². The number of piperidine rings is 1. The van der Waals surface area contributed by atoms with Crippen LogP contribution in [0.25, 0.3) is 21.8 Å². The van der Waals surface area contributed by atoms with Crippen LogP contribution in [0.1, 0.15) is 35.4 Å². The van der Waals surface area contributed by atoms with E-state index in [0.29, 0.717) is 19.1 Å². The number of nitrogen functional groups attached to an aromatic ring is 1. The van der Waals surface area contributed by atoms with Gasteiger partial charge in [-0.25, -0.2) is 4.98 Å². The third kappa shape index (κ3) is 7.80. The van der Waals surface area contributed by atoms with Gasteiger partial charge in [0, 0.05) is 69.3 Å². The fraction of sp³-hybridized carbons (Fsp3) is 0.279. The van der Waals surface area contributed by atoms with E-state index in [1.807, 2.05) is 29.2 Å². The number of hydrogen-bond donors (Lipinski definition) is 3. The Morgan fingerprint density at radius 3 is 2.33 bits per heavy atom. The molecule has 1 fully saturated rings. The molecule has 52 heavy (non-hydrogen) atoms. The lowest BCUT2D eigenvalue weighted by atomic mass is 10.0. The van der Waals surface area contributed by atoms with Crippen LogP contribution in [-0.4, -0.2) is 66.0 Å². The second-order valence-corrected chi connectivity index (χ2v) is 14.1. The number of benzene rings is 5. The van der Waals surface area contributed by atoms with Crippen molar-refractivity contribution in [2.45, 2.75) is 38.3 Å². The number of rotatable bonds is 12. The lowest BCUT2D eigenvalue weighted by Crippen LogP contribution is -2.45. The van der Waals surface area contributed by atoms with Gasteiger partial charge in [-0.15, -0.1) is 0 Å². The summed E-state index contributed by atoms with van der Waals surface area (Å²) in [6, 6.07) is 37.7. The molecule has 9 nitrogen and oxygen atoms in total. The summed E-state index contributed by atoms with van der Waals surface area (Å²) in [6.45, 7) is 2.56. The van der Waals surface area contributed by atoms with Gasteiger partial charge in [0.15, 0.2) is 0 Å². The van der Waals surface area contributed by atoms with Crippen LogP contribution in [0.5, 0.6) is 0 Å². The predicted molar refractivity (Wildman–Crippen MR) is 215 cm³/mol. The van der Waals surface area contributed by atoms with Crippen molar-refractivity contribution in [3.8, 4) is 0 Å². The second-order valence-electron chi connectivity index (χ2n) is 14.1. The van der Waals surface area contributed by atoms with Crippen LogP contribution in [0.3, 0.4) is 0 Å². The number of aromatic nitrogens is 2. The molecule has 1 aromatic heterocycles. The Balaban J connectivity index is 1.08. The number of imidazole rings is 1. The molecule has 0 unspecified atom stereocenters. The maximum absolute atomic E-state index is 14.4. The maximum atomic E-state index is 14.4. The smallest absolute Gasteiger partial charge is 0.241 e. The van der Waals surface area contributed by atoms with Gasteiger partial charge in [-0.05, 0) is 83.6 Å². The van der Waals surface area contributed by atoms with Crippen LogP contribution >= 0.6 is 0 Å². The van der Waals surface area contributed by atoms with Crippen LogP contribution in [0.4, 0.5) is 17.1 Å². The molecule has 0 spiro atoms. The molecule has 1 saturated heterocycles. The number of carbonyl (C=O) groups excluding carboxylic acids is 1. The molecule has 4 N–H and O–H groups in total. The van der Waals surface area contributed by atoms with E-state index >= 15 is 0 Å². The molecular formula is C43H48N8O. The summed E-state index contributed by atoms with van der Waals surface area (Å²) in [7, 11) is 6.16. The highest BCUT2D eigenvalue weighted by molar-refractivity contribution is 5.98. The van der Waals surface area contributed by atoms with Crippen molar-refractivity contribution in [2.24, 2.45) is 12.8 Å². The van der Waals surface area contributed by atoms with Crippen molar-refractivity contribution in [3.05, 3.63) is 132 Å². The number of carbonyl (C=O) groups is 1. The Kier molecular flexibility index (Phi) is 10.2. The lowest BCUT2D eigenvalue weighted by Gasteiger charge is -2.34. The molecule has 1 aliphatic rings. The summed E-state index contributed by atoms with van der Waals surface area (Å²) >= 11 is 0. The minimum Gasteiger partial charge on any atom is -0.384 e. The normalized spacial score (nSPS) is 13.8. The SMILES string of the molecule is CN(C)c1ccc(NC2CCN(CC(=O)N(Cc3cccc4ccccc34)c3ccc4c(c3)nc(CCc3ccc(C(=N)N)cc3)n4C)CC2)cc1. The van der Waals surface area contributed by atoms with E-state index in [1.54, 1.807) is 0 Å². The molecule has 0 radical (unpaired) electrons. The van der Waals surface area contributed by atoms with E-state index in [4.69, 9.17) is 16.1 Å². The molecule has 5 aromatic carbocycles. The standard InChI is InChI=1S/C43H48N8O/c1-48(2)36-18-16-34(17-19-36)46-35-23-25-50(26-24-35)29-42(52)51(28-33-9-6-8-31-7-4-5-10-38(31)33)37-20-21-40-39(27-37)47-41(49(40)3)22-13-30-11-14-32(15-12-30)43(44)45/h4-12,14-21,27,35,46H,13,22-26,28-29H2,1-3H3,(H3,44,45). The number of fused-ring (bicyclic) bond motifs is 2. The van der Waals surface area contributed by atoms with Crippen LogP contribution in [0, 0.1) is 5.41 Å². The molecule has 0 aliphatic carbocycles. The highest BCUT2D eigenvalue weighted by Crippen LogP contribution is 2.28. The molecule has 1 amide bonds. The molecule has 0 saturated carbocycles. The second kappa shape index (κ2) is 15.3. The first-order chi connectivity index (χ1) is 25.2. The average molecular weight is 693 g/mol. The molecule has 1 aliphatic heterocycles. The summed E-state index contributed by atoms with van der Waals surface area (Å²) in [4.78, 5) is 25.8. The van der Waals surface area contributed by atoms with Gasteiger partial charge >= 0.3 is 0 Å². The summed E-state index contributed by atoms with van der Waals surface area (Å²) in [6.07, 6.45) is 3.55. The molecule has 0 bridgehead atoms. The molecule has 0 atom stereocenters. The molecule has 2 heterocycles. The fourth-order valence-electron chi connectivity index (χ4n) is 7.26. The summed E-state index contributed by atoms with van der Waals surface area (Å²) in [5, 5.41) is 13.7. The average Bonchev–Trinajstić information content (AvgIpc) is 3.48. The first-order valence-corrected chi connectivity index (χ1v) is 18.1. The third-order valence-electron chi connectivity index (χ3n) is 10.4. The van der Waals surface area contributed by atoms with Crippen LogP contribution in [0.15, 0.2) is 109 Å². The van der Waals surface area contributed by atoms with E-state index in [9.17, 15) is 4.79 Å². The molecule has 6 aromatic rings. The van der Waals surface area contributed by atoms with E-state index in [2.05, 4.69) is 126 Å². The van der Waals surface area contributed by atoms with Crippen molar-refractivity contribution >= 4 is 50.6 Å². The number of amidine groups is 1. The van der Waals surface area contributed by atoms with E-state index in [-0.39, 0.29) is 11.7 Å². The van der Waals surface area contributed by atoms with Gasteiger partial charge in [0.1, 0.15) is 11.7 Å². The van der Waals surface area contributed by atoms with Crippen molar-refractivity contribution < 1.29 is 4.79 Å². The number of aryl methyl sites for hydroxylation is 3. The first kappa shape index (κ1) is 34.8. The van der Waals surface area contributed by atoms with Crippen LogP contribution in [-0.2, 0) is 31.2 Å². The third-order valence-corrected chi connectivity index (χ3v) is 10.4. The van der Waals surface area contributed by atoms with Gasteiger partial charge in [0.2, 0.25) is 5.91 Å². The van der Waals surface area contributed by atoms with E-state index in [0.717, 1.165) is 83.5 Å². The number of nitrogens with one attached hydrogen (secondary N) is 2. The largest absolute Gasteiger partial charge is 0.384 e. The quantitative estimate of drug-likeness (QED) is 0.0945. The highest BCUT2D eigenvalue weighted by atomic mass is 16.2. The Morgan fingerprint density at radius 1 is 0.885 bits per heavy atom. The van der Waals surface area contributed by atoms with Crippen molar-refractivity contribution in [1.29, 1.82) is 5.41 Å². The van der Waals surface area contributed by atoms with Crippen LogP contribution in [0.2, 0.25) is 0 Å². The van der Waals surface area contributed by atoms with Gasteiger partial charge in [0.25, 0.3) is 0 Å². The van der Waals surface area contributed by atoms with Gasteiger partial charge in [-0.3, -0.25) is 15.1 Å². The van der Waals surface area contributed by atoms with E-state index in [1.165, 1.54) is 16.6 Å². The van der Waals surface area contributed by atoms with Gasteiger partial charge in [0.05, 0.1) is 24.1 Å². The number of likely N-dealkylation sites (tertiary alicyclic amines) is 1. The summed E-state index contributed by atoms with van der Waals surface area (Å²) in [5.74, 6) is 1.15. The molecular weight excluding hydrogens is 645 g/mol. The Bertz CT molecular complexity index is 2170. The molecule has 9 heteroatoms. The molecule has 7 rings (SSSR count). The van der Waals surface area contributed by atoms with Crippen LogP contribution < -0.4 is 20.9 Å². The minimum absolute atomic E-state index is 0.0744. The lowest BCUT2D eigenvalue weighted by molar-refractivity contribution is -0.120. The number of nitrogens with two attached hydrogens (primary N) is 1. The summed E-state index contributed by atoms with van der Waals surface area (Å²) < 4.78 is 2.15. The number of anilines is 3. The van der Waals surface area contributed by atoms with Crippen molar-refractivity contribution in [3.63, 3.8) is 0 Å². The Labute approximate surface area is 306 Å². The molecule has 266 valence electrons. The minimum atomic E-state index is 0.0744. The predicted octanol–water partition coefficient (Wildman–Crippen LogP) is 6.97. The number of amides is 1. The zero-order valence-corrected chi connectivity index (χ0v) is 30.3. The van der Waals surface area contributed by atoms with Gasteiger partial charge < -0.3 is 25.4 Å². The van der Waals surface area contributed by atoms with E-state index < -0.39 is 0 Å². The number of nitrogens with zero attached hydrogens (tertiary/aromatic N) is 5. The summed E-state index contributed by atoms with van der Waals surface area (Å²) in [5.41, 5.74) is 13.7. The highest BCUT2D eigenvalue weighted by Gasteiger charge is 2.25. The zero-order chi connectivity index (χ0) is 36.2. The Hall–Kier alpha value is -5.67. The van der Waals surface area contributed by atoms with Gasteiger partial charge in [-0.1, -0.05) is 66.7 Å². The monoisotopic (exact) mass is 692 g/mol. The number of hydrogen-bond acceptors (Lipinski definition) is 6. The van der Waals surface area contributed by atoms with Crippen molar-refractivity contribution in [1.82, 2.24) is 14.5 Å². The fourth-order valence-corrected chi connectivity index (χ4v) is 7.26. The van der Waals surface area contributed by atoms with Crippen molar-refractivity contribution in [2.75, 3.05) is 48.8 Å². The first-order valence-electron chi connectivity index (χ1n) is 18.1. The Morgan fingerprint density at radius 2 is 1.60 bits per heavy atom.